The van der Waals surface area contributed by atoms with Gasteiger partial charge in [-0.3, -0.25) is 0 Å². The standard InChI is InChI=1S/C11H16N2O/c1-9(13-14)11(2,3)12-10-7-5-4-6-8-10/h4-8,12,14H,1-3H3/b13-9-. The Bertz CT molecular complexity index is 317. The third-order valence-electron chi connectivity index (χ3n) is 2.29. The average molecular weight is 192 g/mol. The molecule has 0 atom stereocenters. The van der Waals surface area contributed by atoms with Gasteiger partial charge in [-0.25, -0.2) is 0 Å². The van der Waals surface area contributed by atoms with E-state index in [2.05, 4.69) is 10.5 Å². The zero-order chi connectivity index (χ0) is 10.6. The van der Waals surface area contributed by atoms with Crippen LogP contribution in [0.4, 0.5) is 5.69 Å². The van der Waals surface area contributed by atoms with Gasteiger partial charge in [-0.2, -0.15) is 0 Å². The third-order valence-corrected chi connectivity index (χ3v) is 2.29. The average Bonchev–Trinajstić information content (AvgIpc) is 2.17. The van der Waals surface area contributed by atoms with Crippen LogP contribution in [-0.4, -0.2) is 16.5 Å². The van der Waals surface area contributed by atoms with E-state index in [1.807, 2.05) is 44.2 Å². The number of nitrogens with one attached hydrogen (secondary N) is 1. The van der Waals surface area contributed by atoms with Gasteiger partial charge in [0.1, 0.15) is 0 Å². The van der Waals surface area contributed by atoms with Crippen molar-refractivity contribution in [2.24, 2.45) is 5.16 Å². The summed E-state index contributed by atoms with van der Waals surface area (Å²) in [4.78, 5) is 0. The molecule has 0 saturated carbocycles. The Morgan fingerprint density at radius 2 is 1.86 bits per heavy atom. The van der Waals surface area contributed by atoms with Gasteiger partial charge in [0.05, 0.1) is 11.3 Å². The van der Waals surface area contributed by atoms with Crippen LogP contribution in [0.5, 0.6) is 0 Å². The maximum Gasteiger partial charge on any atom is 0.0787 e. The fourth-order valence-corrected chi connectivity index (χ4v) is 1.10. The van der Waals surface area contributed by atoms with Gasteiger partial charge < -0.3 is 10.5 Å². The van der Waals surface area contributed by atoms with E-state index in [-0.39, 0.29) is 5.54 Å². The van der Waals surface area contributed by atoms with Gasteiger partial charge in [-0.05, 0) is 32.9 Å². The van der Waals surface area contributed by atoms with E-state index in [1.165, 1.54) is 0 Å². The highest BCUT2D eigenvalue weighted by Crippen LogP contribution is 2.15. The van der Waals surface area contributed by atoms with Crippen LogP contribution in [0.15, 0.2) is 35.5 Å². The van der Waals surface area contributed by atoms with Crippen molar-refractivity contribution < 1.29 is 5.21 Å². The summed E-state index contributed by atoms with van der Waals surface area (Å²) in [6.45, 7) is 5.72. The van der Waals surface area contributed by atoms with Crippen molar-refractivity contribution in [3.8, 4) is 0 Å². The molecule has 3 heteroatoms. The number of hydrogen-bond acceptors (Lipinski definition) is 3. The zero-order valence-electron chi connectivity index (χ0n) is 8.78. The molecular weight excluding hydrogens is 176 g/mol. The molecule has 0 spiro atoms. The summed E-state index contributed by atoms with van der Waals surface area (Å²) in [5.41, 5.74) is 1.33. The van der Waals surface area contributed by atoms with Crippen molar-refractivity contribution in [1.29, 1.82) is 0 Å². The summed E-state index contributed by atoms with van der Waals surface area (Å²) in [6.07, 6.45) is 0. The van der Waals surface area contributed by atoms with E-state index in [1.54, 1.807) is 6.92 Å². The lowest BCUT2D eigenvalue weighted by Gasteiger charge is -2.26. The minimum Gasteiger partial charge on any atom is -0.411 e. The Labute approximate surface area is 84.4 Å². The topological polar surface area (TPSA) is 44.6 Å². The van der Waals surface area contributed by atoms with Gasteiger partial charge in [-0.15, -0.1) is 0 Å². The molecule has 0 bridgehead atoms. The lowest BCUT2D eigenvalue weighted by Crippen LogP contribution is -2.38. The van der Waals surface area contributed by atoms with Crippen molar-refractivity contribution in [3.63, 3.8) is 0 Å². The molecule has 1 aromatic carbocycles. The molecule has 0 aromatic heterocycles. The predicted octanol–water partition coefficient (Wildman–Crippen LogP) is 2.73. The van der Waals surface area contributed by atoms with Crippen LogP contribution in [0.3, 0.4) is 0 Å². The van der Waals surface area contributed by atoms with Crippen molar-refractivity contribution in [2.75, 3.05) is 5.32 Å². The second kappa shape index (κ2) is 4.13. The molecule has 14 heavy (non-hydrogen) atoms. The minimum absolute atomic E-state index is 0.337. The maximum absolute atomic E-state index is 8.70. The summed E-state index contributed by atoms with van der Waals surface area (Å²) in [5.74, 6) is 0. The van der Waals surface area contributed by atoms with Gasteiger partial charge in [-0.1, -0.05) is 23.4 Å². The molecule has 0 heterocycles. The zero-order valence-corrected chi connectivity index (χ0v) is 8.78. The quantitative estimate of drug-likeness (QED) is 0.439. The molecule has 0 aliphatic heterocycles. The number of benzene rings is 1. The highest BCUT2D eigenvalue weighted by Gasteiger charge is 2.21. The monoisotopic (exact) mass is 192 g/mol. The third kappa shape index (κ3) is 2.49. The first kappa shape index (κ1) is 10.6. The highest BCUT2D eigenvalue weighted by molar-refractivity contribution is 5.92. The molecule has 1 rings (SSSR count). The van der Waals surface area contributed by atoms with Crippen molar-refractivity contribution in [2.45, 2.75) is 26.3 Å². The van der Waals surface area contributed by atoms with E-state index >= 15 is 0 Å². The molecule has 0 aliphatic rings. The van der Waals surface area contributed by atoms with Crippen LogP contribution in [0.25, 0.3) is 0 Å². The second-order valence-electron chi connectivity index (χ2n) is 3.80. The Morgan fingerprint density at radius 3 is 2.36 bits per heavy atom. The number of hydrogen-bond donors (Lipinski definition) is 2. The molecule has 0 radical (unpaired) electrons. The fraction of sp³-hybridized carbons (Fsp3) is 0.364. The molecule has 0 fully saturated rings. The van der Waals surface area contributed by atoms with E-state index in [0.717, 1.165) is 5.69 Å². The first-order chi connectivity index (χ1) is 6.56. The highest BCUT2D eigenvalue weighted by atomic mass is 16.4. The molecule has 0 aliphatic carbocycles. The van der Waals surface area contributed by atoms with Crippen LogP contribution in [0.2, 0.25) is 0 Å². The molecule has 0 amide bonds. The second-order valence-corrected chi connectivity index (χ2v) is 3.80. The van der Waals surface area contributed by atoms with E-state index in [9.17, 15) is 0 Å². The number of nitrogens with zero attached hydrogens (tertiary/aromatic N) is 1. The molecule has 2 N–H and O–H groups in total. The number of rotatable bonds is 3. The lowest BCUT2D eigenvalue weighted by molar-refractivity contribution is 0.314. The van der Waals surface area contributed by atoms with E-state index in [4.69, 9.17) is 5.21 Å². The molecular formula is C11H16N2O. The molecule has 0 saturated heterocycles. The van der Waals surface area contributed by atoms with Crippen LogP contribution in [-0.2, 0) is 0 Å². The number of para-hydroxylation sites is 1. The lowest BCUT2D eigenvalue weighted by atomic mass is 9.99. The maximum atomic E-state index is 8.70. The van der Waals surface area contributed by atoms with Crippen LogP contribution < -0.4 is 5.32 Å². The van der Waals surface area contributed by atoms with Crippen LogP contribution in [0, 0.1) is 0 Å². The summed E-state index contributed by atoms with van der Waals surface area (Å²) in [6, 6.07) is 9.84. The van der Waals surface area contributed by atoms with Crippen molar-refractivity contribution in [3.05, 3.63) is 30.3 Å². The largest absolute Gasteiger partial charge is 0.411 e. The summed E-state index contributed by atoms with van der Waals surface area (Å²) in [5, 5.41) is 15.2. The van der Waals surface area contributed by atoms with Crippen molar-refractivity contribution >= 4 is 11.4 Å². The summed E-state index contributed by atoms with van der Waals surface area (Å²) in [7, 11) is 0. The van der Waals surface area contributed by atoms with Gasteiger partial charge in [0.2, 0.25) is 0 Å². The normalized spacial score (nSPS) is 12.6. The van der Waals surface area contributed by atoms with Gasteiger partial charge in [0.15, 0.2) is 0 Å². The minimum atomic E-state index is -0.337. The van der Waals surface area contributed by atoms with E-state index in [0.29, 0.717) is 5.71 Å². The van der Waals surface area contributed by atoms with Crippen LogP contribution in [0.1, 0.15) is 20.8 Å². The Morgan fingerprint density at radius 1 is 1.29 bits per heavy atom. The number of oxime groups is 1. The molecule has 0 unspecified atom stereocenters. The van der Waals surface area contributed by atoms with Gasteiger partial charge >= 0.3 is 0 Å². The Balaban J connectivity index is 2.79. The predicted molar refractivity (Wildman–Crippen MR) is 59.0 cm³/mol. The number of anilines is 1. The van der Waals surface area contributed by atoms with Crippen molar-refractivity contribution in [1.82, 2.24) is 0 Å². The Kier molecular flexibility index (Phi) is 3.12. The fourth-order valence-electron chi connectivity index (χ4n) is 1.10. The van der Waals surface area contributed by atoms with Gasteiger partial charge in [0.25, 0.3) is 0 Å². The SMILES string of the molecule is C/C(=N/O)C(C)(C)Nc1ccccc1. The first-order valence-electron chi connectivity index (χ1n) is 4.58. The van der Waals surface area contributed by atoms with Gasteiger partial charge in [0, 0.05) is 5.69 Å². The summed E-state index contributed by atoms with van der Waals surface area (Å²) < 4.78 is 0. The van der Waals surface area contributed by atoms with E-state index < -0.39 is 0 Å². The summed E-state index contributed by atoms with van der Waals surface area (Å²) >= 11 is 0. The Hall–Kier alpha value is -1.51. The first-order valence-corrected chi connectivity index (χ1v) is 4.58. The molecule has 1 aromatic rings. The smallest absolute Gasteiger partial charge is 0.0787 e. The van der Waals surface area contributed by atoms with Crippen LogP contribution >= 0.6 is 0 Å². The molecule has 3 nitrogen and oxygen atoms in total. The molecule has 76 valence electrons.